The molecule has 0 radical (unpaired) electrons. The first-order valence-corrected chi connectivity index (χ1v) is 8.09. The Morgan fingerprint density at radius 2 is 2.24 bits per heavy atom. The molecule has 6 heteroatoms. The highest BCUT2D eigenvalue weighted by atomic mass is 32.1. The maximum Gasteiger partial charge on any atom is 0.303 e. The number of thiophene rings is 1. The first-order chi connectivity index (χ1) is 10.2. The van der Waals surface area contributed by atoms with Gasteiger partial charge in [0.2, 0.25) is 5.89 Å². The lowest BCUT2D eigenvalue weighted by molar-refractivity contribution is -0.139. The molecule has 0 saturated heterocycles. The standard InChI is InChI=1S/C15H18N2O3S/c18-14(19)10-15(5-1-2-6-15)9-13-16-12(17-20-13)8-11-4-3-7-21-11/h3-4,7H,1-2,5-6,8-10H2,(H,18,19). The Morgan fingerprint density at radius 1 is 1.43 bits per heavy atom. The second kappa shape index (κ2) is 5.97. The van der Waals surface area contributed by atoms with Crippen molar-refractivity contribution in [3.63, 3.8) is 0 Å². The van der Waals surface area contributed by atoms with Gasteiger partial charge in [-0.05, 0) is 29.7 Å². The van der Waals surface area contributed by atoms with Crippen LogP contribution in [0.15, 0.2) is 22.0 Å². The molecule has 0 unspecified atom stereocenters. The van der Waals surface area contributed by atoms with Gasteiger partial charge in [0.05, 0.1) is 6.42 Å². The maximum atomic E-state index is 11.1. The van der Waals surface area contributed by atoms with Crippen LogP contribution in [-0.2, 0) is 17.6 Å². The van der Waals surface area contributed by atoms with Gasteiger partial charge in [0.1, 0.15) is 0 Å². The average molecular weight is 306 g/mol. The van der Waals surface area contributed by atoms with Crippen molar-refractivity contribution in [2.24, 2.45) is 5.41 Å². The van der Waals surface area contributed by atoms with Gasteiger partial charge in [-0.15, -0.1) is 11.3 Å². The summed E-state index contributed by atoms with van der Waals surface area (Å²) in [6.45, 7) is 0. The lowest BCUT2D eigenvalue weighted by Crippen LogP contribution is -2.24. The largest absolute Gasteiger partial charge is 0.481 e. The fraction of sp³-hybridized carbons (Fsp3) is 0.533. The summed E-state index contributed by atoms with van der Waals surface area (Å²) in [5, 5.41) is 15.2. The summed E-state index contributed by atoms with van der Waals surface area (Å²) in [6.07, 6.45) is 5.48. The molecule has 1 N–H and O–H groups in total. The third-order valence-electron chi connectivity index (χ3n) is 4.14. The van der Waals surface area contributed by atoms with Gasteiger partial charge >= 0.3 is 5.97 Å². The maximum absolute atomic E-state index is 11.1. The van der Waals surface area contributed by atoms with E-state index in [1.54, 1.807) is 11.3 Å². The van der Waals surface area contributed by atoms with Crippen molar-refractivity contribution in [3.8, 4) is 0 Å². The summed E-state index contributed by atoms with van der Waals surface area (Å²) < 4.78 is 5.33. The quantitative estimate of drug-likeness (QED) is 0.886. The zero-order chi connectivity index (χ0) is 14.7. The van der Waals surface area contributed by atoms with Gasteiger partial charge < -0.3 is 9.63 Å². The van der Waals surface area contributed by atoms with E-state index in [9.17, 15) is 4.79 Å². The van der Waals surface area contributed by atoms with Crippen LogP contribution in [0.4, 0.5) is 0 Å². The fourth-order valence-electron chi connectivity index (χ4n) is 3.19. The van der Waals surface area contributed by atoms with Gasteiger partial charge in [-0.25, -0.2) is 0 Å². The van der Waals surface area contributed by atoms with Crippen LogP contribution in [0, 0.1) is 5.41 Å². The Kier molecular flexibility index (Phi) is 4.05. The molecule has 1 fully saturated rings. The predicted molar refractivity (Wildman–Crippen MR) is 78.3 cm³/mol. The van der Waals surface area contributed by atoms with Crippen LogP contribution in [0.3, 0.4) is 0 Å². The van der Waals surface area contributed by atoms with Crippen molar-refractivity contribution in [2.75, 3.05) is 0 Å². The highest BCUT2D eigenvalue weighted by Crippen LogP contribution is 2.43. The molecule has 0 aliphatic heterocycles. The highest BCUT2D eigenvalue weighted by Gasteiger charge is 2.37. The number of carboxylic acid groups (broad SMARTS) is 1. The van der Waals surface area contributed by atoms with Crippen LogP contribution in [-0.4, -0.2) is 21.2 Å². The molecule has 2 aromatic heterocycles. The minimum atomic E-state index is -0.741. The van der Waals surface area contributed by atoms with Crippen LogP contribution in [0.25, 0.3) is 0 Å². The lowest BCUT2D eigenvalue weighted by atomic mass is 9.79. The molecule has 0 amide bonds. The summed E-state index contributed by atoms with van der Waals surface area (Å²) in [6, 6.07) is 4.05. The molecule has 2 aromatic rings. The molecular weight excluding hydrogens is 288 g/mol. The average Bonchev–Trinajstić information content (AvgIpc) is 3.13. The first kappa shape index (κ1) is 14.3. The Morgan fingerprint density at radius 3 is 2.90 bits per heavy atom. The topological polar surface area (TPSA) is 76.2 Å². The van der Waals surface area contributed by atoms with Crippen LogP contribution >= 0.6 is 11.3 Å². The number of carbonyl (C=O) groups is 1. The van der Waals surface area contributed by atoms with Crippen molar-refractivity contribution in [3.05, 3.63) is 34.1 Å². The van der Waals surface area contributed by atoms with E-state index in [4.69, 9.17) is 9.63 Å². The van der Waals surface area contributed by atoms with E-state index in [-0.39, 0.29) is 11.8 Å². The van der Waals surface area contributed by atoms with Crippen LogP contribution in [0.2, 0.25) is 0 Å². The highest BCUT2D eigenvalue weighted by molar-refractivity contribution is 7.09. The van der Waals surface area contributed by atoms with Gasteiger partial charge in [0.25, 0.3) is 0 Å². The van der Waals surface area contributed by atoms with Gasteiger partial charge in [-0.2, -0.15) is 4.98 Å². The van der Waals surface area contributed by atoms with Crippen LogP contribution in [0.1, 0.15) is 48.7 Å². The molecule has 0 aromatic carbocycles. The summed E-state index contributed by atoms with van der Waals surface area (Å²) in [5.41, 5.74) is -0.196. The number of hydrogen-bond acceptors (Lipinski definition) is 5. The SMILES string of the molecule is O=C(O)CC1(Cc2nc(Cc3cccs3)no2)CCCC1. The van der Waals surface area contributed by atoms with E-state index in [0.29, 0.717) is 24.6 Å². The molecule has 1 aliphatic rings. The minimum Gasteiger partial charge on any atom is -0.481 e. The van der Waals surface area contributed by atoms with E-state index in [2.05, 4.69) is 10.1 Å². The predicted octanol–water partition coefficient (Wildman–Crippen LogP) is 3.30. The smallest absolute Gasteiger partial charge is 0.303 e. The lowest BCUT2D eigenvalue weighted by Gasteiger charge is -2.24. The summed E-state index contributed by atoms with van der Waals surface area (Å²) >= 11 is 1.67. The third-order valence-corrected chi connectivity index (χ3v) is 5.02. The number of aromatic nitrogens is 2. The Bertz CT molecular complexity index is 600. The molecule has 0 atom stereocenters. The van der Waals surface area contributed by atoms with E-state index < -0.39 is 5.97 Å². The zero-order valence-electron chi connectivity index (χ0n) is 11.7. The van der Waals surface area contributed by atoms with Gasteiger partial charge in [0, 0.05) is 17.7 Å². The summed E-state index contributed by atoms with van der Waals surface area (Å²) in [4.78, 5) is 16.7. The molecule has 1 aliphatic carbocycles. The Hall–Kier alpha value is -1.69. The third kappa shape index (κ3) is 3.50. The van der Waals surface area contributed by atoms with Gasteiger partial charge in [0.15, 0.2) is 5.82 Å². The molecule has 2 heterocycles. The Labute approximate surface area is 127 Å². The monoisotopic (exact) mass is 306 g/mol. The number of aliphatic carboxylic acids is 1. The van der Waals surface area contributed by atoms with E-state index in [1.807, 2.05) is 17.5 Å². The van der Waals surface area contributed by atoms with Crippen molar-refractivity contribution >= 4 is 17.3 Å². The van der Waals surface area contributed by atoms with E-state index in [0.717, 1.165) is 25.7 Å². The Balaban J connectivity index is 1.69. The van der Waals surface area contributed by atoms with Gasteiger partial charge in [-0.1, -0.05) is 24.1 Å². The second-order valence-electron chi connectivity index (χ2n) is 5.81. The molecule has 0 spiro atoms. The number of carboxylic acids is 1. The van der Waals surface area contributed by atoms with E-state index in [1.165, 1.54) is 4.88 Å². The second-order valence-corrected chi connectivity index (χ2v) is 6.85. The summed E-state index contributed by atoms with van der Waals surface area (Å²) in [7, 11) is 0. The first-order valence-electron chi connectivity index (χ1n) is 7.21. The molecule has 1 saturated carbocycles. The molecular formula is C15H18N2O3S. The minimum absolute atomic E-state index is 0.190. The van der Waals surface area contributed by atoms with Crippen LogP contribution < -0.4 is 0 Å². The molecule has 0 bridgehead atoms. The molecule has 21 heavy (non-hydrogen) atoms. The normalized spacial score (nSPS) is 17.1. The number of nitrogens with zero attached hydrogens (tertiary/aromatic N) is 2. The summed E-state index contributed by atoms with van der Waals surface area (Å²) in [5.74, 6) is 0.510. The molecule has 112 valence electrons. The zero-order valence-corrected chi connectivity index (χ0v) is 12.6. The van der Waals surface area contributed by atoms with Crippen molar-refractivity contribution in [1.29, 1.82) is 0 Å². The molecule has 5 nitrogen and oxygen atoms in total. The molecule has 3 rings (SSSR count). The van der Waals surface area contributed by atoms with Crippen molar-refractivity contribution < 1.29 is 14.4 Å². The van der Waals surface area contributed by atoms with E-state index >= 15 is 0 Å². The van der Waals surface area contributed by atoms with Gasteiger partial charge in [-0.3, -0.25) is 4.79 Å². The number of hydrogen-bond donors (Lipinski definition) is 1. The number of rotatable bonds is 6. The fourth-order valence-corrected chi connectivity index (χ4v) is 3.89. The van der Waals surface area contributed by atoms with Crippen LogP contribution in [0.5, 0.6) is 0 Å². The van der Waals surface area contributed by atoms with Crippen molar-refractivity contribution in [1.82, 2.24) is 10.1 Å². The van der Waals surface area contributed by atoms with Crippen molar-refractivity contribution in [2.45, 2.75) is 44.9 Å².